The molecule has 2 aliphatic heterocycles. The highest BCUT2D eigenvalue weighted by atomic mass is 16.5. The molecule has 4 N–H and O–H groups in total. The van der Waals surface area contributed by atoms with Crippen molar-refractivity contribution in [3.8, 4) is 6.07 Å². The molecule has 7 aliphatic rings. The summed E-state index contributed by atoms with van der Waals surface area (Å²) < 4.78 is 8.45. The van der Waals surface area contributed by atoms with Crippen LogP contribution in [-0.2, 0) is 9.53 Å². The van der Waals surface area contributed by atoms with Gasteiger partial charge in [-0.3, -0.25) is 14.4 Å². The number of aromatic nitrogens is 1. The fourth-order valence-corrected chi connectivity index (χ4v) is 9.84. The van der Waals surface area contributed by atoms with Crippen molar-refractivity contribution in [2.45, 2.75) is 94.0 Å². The summed E-state index contributed by atoms with van der Waals surface area (Å²) >= 11 is 0. The van der Waals surface area contributed by atoms with E-state index >= 15 is 0 Å². The largest absolute Gasteiger partial charge is 0.374 e. The van der Waals surface area contributed by atoms with Crippen molar-refractivity contribution >= 4 is 11.8 Å². The lowest BCUT2D eigenvalue weighted by Gasteiger charge is -2.63. The third-order valence-corrected chi connectivity index (χ3v) is 11.5. The molecule has 8 rings (SSSR count). The number of fused-ring (bicyclic) bond motifs is 1. The number of piperidine rings is 2. The van der Waals surface area contributed by atoms with Gasteiger partial charge in [-0.1, -0.05) is 0 Å². The van der Waals surface area contributed by atoms with Crippen molar-refractivity contribution in [2.75, 3.05) is 26.2 Å². The van der Waals surface area contributed by atoms with Crippen molar-refractivity contribution in [2.24, 2.45) is 34.6 Å². The van der Waals surface area contributed by atoms with Crippen molar-refractivity contribution < 1.29 is 14.3 Å². The second-order valence-corrected chi connectivity index (χ2v) is 14.1. The molecule has 1 aromatic rings. The maximum absolute atomic E-state index is 13.8. The summed E-state index contributed by atoms with van der Waals surface area (Å²) in [4.78, 5) is 42.0. The first-order valence-electron chi connectivity index (χ1n) is 15.5. The molecule has 41 heavy (non-hydrogen) atoms. The van der Waals surface area contributed by atoms with Gasteiger partial charge in [0.2, 0.25) is 11.8 Å². The Morgan fingerprint density at radius 2 is 1.83 bits per heavy atom. The predicted molar refractivity (Wildman–Crippen MR) is 150 cm³/mol. The minimum Gasteiger partial charge on any atom is -0.374 e. The van der Waals surface area contributed by atoms with Gasteiger partial charge in [-0.05, 0) is 93.4 Å². The number of pyridine rings is 1. The molecular formula is C31H42N6O4. The molecule has 0 spiro atoms. The Morgan fingerprint density at radius 3 is 2.51 bits per heavy atom. The SMILES string of the molecule is N#C[C@@H]1C[C@@H]2C[C@@H]2N1C(=O)[C@@H](N)C12CC3CC(CC(OCCN4CCC(n5cc(C(N)=O)ccc5=O)CC4)(C3)C1)C2. The van der Waals surface area contributed by atoms with E-state index in [0.717, 1.165) is 77.4 Å². The highest BCUT2D eigenvalue weighted by Gasteiger charge is 2.63. The minimum absolute atomic E-state index is 0.00185. The van der Waals surface area contributed by atoms with E-state index in [1.54, 1.807) is 10.8 Å². The molecule has 220 valence electrons. The average Bonchev–Trinajstić information content (AvgIpc) is 3.61. The maximum atomic E-state index is 13.8. The smallest absolute Gasteiger partial charge is 0.250 e. The predicted octanol–water partition coefficient (Wildman–Crippen LogP) is 1.78. The standard InChI is InChI=1S/C31H42N6O4/c32-16-24-10-22-11-25(22)37(24)29(40)27(33)30-12-19-9-20(13-30)15-31(14-19,18-30)41-8-7-35-5-3-23(4-6-35)36-17-21(28(34)39)1-2-26(36)38/h1-2,17,19-20,22-25,27H,3-15,18,33H2,(H2,34,39)/t19?,20?,22-,24+,25+,27-,30?,31?/m1/s1. The zero-order valence-electron chi connectivity index (χ0n) is 23.7. The van der Waals surface area contributed by atoms with Gasteiger partial charge in [0.25, 0.3) is 5.56 Å². The second kappa shape index (κ2) is 9.92. The zero-order chi connectivity index (χ0) is 28.5. The Hall–Kier alpha value is -2.74. The van der Waals surface area contributed by atoms with E-state index < -0.39 is 11.9 Å². The lowest BCUT2D eigenvalue weighted by Crippen LogP contribution is -2.65. The van der Waals surface area contributed by atoms with E-state index in [4.69, 9.17) is 16.2 Å². The number of hydrogen-bond acceptors (Lipinski definition) is 7. The molecule has 2 unspecified atom stereocenters. The lowest BCUT2D eigenvalue weighted by molar-refractivity contribution is -0.201. The normalized spacial score (nSPS) is 38.4. The molecule has 10 heteroatoms. The maximum Gasteiger partial charge on any atom is 0.250 e. The van der Waals surface area contributed by atoms with Gasteiger partial charge >= 0.3 is 0 Å². The quantitative estimate of drug-likeness (QED) is 0.491. The van der Waals surface area contributed by atoms with Gasteiger partial charge in [-0.2, -0.15) is 5.26 Å². The van der Waals surface area contributed by atoms with Crippen LogP contribution in [0.15, 0.2) is 23.1 Å². The van der Waals surface area contributed by atoms with Crippen LogP contribution in [0.3, 0.4) is 0 Å². The Labute approximate surface area is 241 Å². The third kappa shape index (κ3) is 4.70. The first kappa shape index (κ1) is 27.1. The Balaban J connectivity index is 0.965. The molecule has 3 heterocycles. The summed E-state index contributed by atoms with van der Waals surface area (Å²) in [7, 11) is 0. The van der Waals surface area contributed by atoms with Crippen LogP contribution in [0.5, 0.6) is 0 Å². The summed E-state index contributed by atoms with van der Waals surface area (Å²) in [5, 5.41) is 9.66. The van der Waals surface area contributed by atoms with Gasteiger partial charge in [0.1, 0.15) is 6.04 Å². The highest BCUT2D eigenvalue weighted by molar-refractivity contribution is 5.92. The number of rotatable bonds is 8. The average molecular weight is 563 g/mol. The van der Waals surface area contributed by atoms with Crippen LogP contribution < -0.4 is 17.0 Å². The second-order valence-electron chi connectivity index (χ2n) is 14.1. The van der Waals surface area contributed by atoms with Gasteiger partial charge in [-0.15, -0.1) is 0 Å². The van der Waals surface area contributed by atoms with E-state index in [2.05, 4.69) is 11.0 Å². The van der Waals surface area contributed by atoms with Crippen LogP contribution in [0.4, 0.5) is 0 Å². The van der Waals surface area contributed by atoms with E-state index in [9.17, 15) is 19.6 Å². The van der Waals surface area contributed by atoms with Crippen LogP contribution in [0.1, 0.15) is 80.6 Å². The Morgan fingerprint density at radius 1 is 1.10 bits per heavy atom. The van der Waals surface area contributed by atoms with Gasteiger partial charge in [0, 0.05) is 44.0 Å². The summed E-state index contributed by atoms with van der Waals surface area (Å²) in [5.41, 5.74) is 12.1. The molecule has 5 aliphatic carbocycles. The summed E-state index contributed by atoms with van der Waals surface area (Å²) in [6.45, 7) is 3.20. The lowest BCUT2D eigenvalue weighted by atomic mass is 9.46. The van der Waals surface area contributed by atoms with Gasteiger partial charge in [0.15, 0.2) is 0 Å². The van der Waals surface area contributed by atoms with Crippen molar-refractivity contribution in [1.82, 2.24) is 14.4 Å². The number of nitrogens with zero attached hydrogens (tertiary/aromatic N) is 4. The monoisotopic (exact) mass is 562 g/mol. The molecule has 2 amide bonds. The van der Waals surface area contributed by atoms with Crippen LogP contribution in [-0.4, -0.2) is 76.1 Å². The van der Waals surface area contributed by atoms with Crippen molar-refractivity contribution in [3.05, 3.63) is 34.2 Å². The van der Waals surface area contributed by atoms with E-state index in [0.29, 0.717) is 29.9 Å². The molecule has 10 nitrogen and oxygen atoms in total. The molecule has 0 radical (unpaired) electrons. The van der Waals surface area contributed by atoms with Gasteiger partial charge in [0.05, 0.1) is 29.9 Å². The van der Waals surface area contributed by atoms with E-state index in [1.807, 2.05) is 4.90 Å². The summed E-state index contributed by atoms with van der Waals surface area (Å²) in [5.74, 6) is 1.08. The number of amides is 2. The number of carbonyl (C=O) groups is 2. The molecule has 7 fully saturated rings. The molecule has 4 bridgehead atoms. The summed E-state index contributed by atoms with van der Waals surface area (Å²) in [6, 6.07) is 4.69. The van der Waals surface area contributed by atoms with Crippen LogP contribution in [0.25, 0.3) is 0 Å². The van der Waals surface area contributed by atoms with E-state index in [1.165, 1.54) is 18.6 Å². The molecule has 5 saturated carbocycles. The minimum atomic E-state index is -0.554. The van der Waals surface area contributed by atoms with Crippen molar-refractivity contribution in [3.63, 3.8) is 0 Å². The number of primary amides is 1. The molecule has 2 saturated heterocycles. The molecule has 0 aromatic carbocycles. The number of carbonyl (C=O) groups excluding carboxylic acids is 2. The summed E-state index contributed by atoms with van der Waals surface area (Å²) in [6.07, 6.45) is 11.3. The first-order chi connectivity index (χ1) is 19.7. The third-order valence-electron chi connectivity index (χ3n) is 11.5. The highest BCUT2D eigenvalue weighted by Crippen LogP contribution is 2.64. The van der Waals surface area contributed by atoms with Gasteiger partial charge < -0.3 is 30.6 Å². The van der Waals surface area contributed by atoms with Gasteiger partial charge in [-0.25, -0.2) is 0 Å². The number of nitriles is 1. The molecule has 1 aromatic heterocycles. The fraction of sp³-hybridized carbons (Fsp3) is 0.742. The number of likely N-dealkylation sites (tertiary alicyclic amines) is 2. The first-order valence-corrected chi connectivity index (χ1v) is 15.5. The topological polar surface area (TPSA) is 148 Å². The van der Waals surface area contributed by atoms with Crippen LogP contribution >= 0.6 is 0 Å². The Kier molecular flexibility index (Phi) is 6.56. The Bertz CT molecular complexity index is 1310. The van der Waals surface area contributed by atoms with E-state index in [-0.39, 0.29) is 40.6 Å². The molecule has 6 atom stereocenters. The number of nitrogens with two attached hydrogens (primary N) is 2. The van der Waals surface area contributed by atoms with Crippen LogP contribution in [0.2, 0.25) is 0 Å². The number of ether oxygens (including phenoxy) is 1. The van der Waals surface area contributed by atoms with Crippen LogP contribution in [0, 0.1) is 34.5 Å². The zero-order valence-corrected chi connectivity index (χ0v) is 23.7. The molecular weight excluding hydrogens is 520 g/mol. The number of hydrogen-bond donors (Lipinski definition) is 2. The van der Waals surface area contributed by atoms with Crippen molar-refractivity contribution in [1.29, 1.82) is 5.26 Å². The fourth-order valence-electron chi connectivity index (χ4n) is 9.84.